The highest BCUT2D eigenvalue weighted by Gasteiger charge is 2.40. The molecule has 178 valence electrons. The minimum atomic E-state index is -4.41. The van der Waals surface area contributed by atoms with E-state index >= 15 is 0 Å². The van der Waals surface area contributed by atoms with Crippen molar-refractivity contribution in [2.24, 2.45) is 0 Å². The molecule has 8 nitrogen and oxygen atoms in total. The van der Waals surface area contributed by atoms with Gasteiger partial charge in [-0.2, -0.15) is 18.3 Å². The molecule has 2 aromatic heterocycles. The van der Waals surface area contributed by atoms with Gasteiger partial charge in [0.1, 0.15) is 12.4 Å². The number of benzene rings is 1. The van der Waals surface area contributed by atoms with Gasteiger partial charge in [-0.1, -0.05) is 18.2 Å². The monoisotopic (exact) mass is 472 g/mol. The first-order chi connectivity index (χ1) is 16.2. The van der Waals surface area contributed by atoms with Gasteiger partial charge in [0, 0.05) is 49.4 Å². The molecule has 0 atom stereocenters. The van der Waals surface area contributed by atoms with Crippen molar-refractivity contribution >= 4 is 5.91 Å². The van der Waals surface area contributed by atoms with Crippen LogP contribution < -0.4 is 10.9 Å². The van der Waals surface area contributed by atoms with Gasteiger partial charge in [-0.05, 0) is 30.5 Å². The summed E-state index contributed by atoms with van der Waals surface area (Å²) < 4.78 is 40.1. The fourth-order valence-corrected chi connectivity index (χ4v) is 4.62. The van der Waals surface area contributed by atoms with Gasteiger partial charge in [0.25, 0.3) is 0 Å². The minimum Gasteiger partial charge on any atom is -0.349 e. The lowest BCUT2D eigenvalue weighted by Gasteiger charge is -2.41. The lowest BCUT2D eigenvalue weighted by Crippen LogP contribution is -2.56. The summed E-state index contributed by atoms with van der Waals surface area (Å²) in [5.41, 5.74) is 0.170. The molecule has 1 aromatic carbocycles. The average molecular weight is 472 g/mol. The zero-order valence-electron chi connectivity index (χ0n) is 18.2. The van der Waals surface area contributed by atoms with Gasteiger partial charge in [-0.25, -0.2) is 9.67 Å². The van der Waals surface area contributed by atoms with Crippen LogP contribution in [0.3, 0.4) is 0 Å². The van der Waals surface area contributed by atoms with E-state index in [0.29, 0.717) is 30.2 Å². The number of piperidine rings is 1. The van der Waals surface area contributed by atoms with Crippen LogP contribution in [0.5, 0.6) is 0 Å². The van der Waals surface area contributed by atoms with Crippen molar-refractivity contribution in [3.8, 4) is 11.4 Å². The maximum Gasteiger partial charge on any atom is 0.416 e. The van der Waals surface area contributed by atoms with Crippen LogP contribution in [0.1, 0.15) is 29.8 Å². The Balaban J connectivity index is 1.31. The molecule has 2 aliphatic heterocycles. The van der Waals surface area contributed by atoms with Crippen molar-refractivity contribution in [1.29, 1.82) is 0 Å². The third-order valence-electron chi connectivity index (χ3n) is 6.48. The number of aromatic nitrogens is 4. The molecule has 2 aliphatic rings. The van der Waals surface area contributed by atoms with Crippen molar-refractivity contribution in [1.82, 2.24) is 30.0 Å². The van der Waals surface area contributed by atoms with E-state index < -0.39 is 17.3 Å². The van der Waals surface area contributed by atoms with Crippen molar-refractivity contribution < 1.29 is 18.0 Å². The van der Waals surface area contributed by atoms with Crippen LogP contribution in [-0.4, -0.2) is 49.2 Å². The number of pyridine rings is 1. The molecule has 1 saturated heterocycles. The Hall–Kier alpha value is -3.47. The minimum absolute atomic E-state index is 0.0197. The number of aromatic amines is 1. The number of carbonyl (C=O) groups is 1. The topological polar surface area (TPSA) is 95.9 Å². The van der Waals surface area contributed by atoms with Crippen molar-refractivity contribution in [3.63, 3.8) is 0 Å². The predicted molar refractivity (Wildman–Crippen MR) is 117 cm³/mol. The number of amides is 1. The van der Waals surface area contributed by atoms with Gasteiger partial charge in [0.05, 0.1) is 5.56 Å². The van der Waals surface area contributed by atoms with Crippen LogP contribution in [0.4, 0.5) is 13.2 Å². The lowest BCUT2D eigenvalue weighted by molar-refractivity contribution is -0.137. The van der Waals surface area contributed by atoms with Crippen molar-refractivity contribution in [3.05, 3.63) is 69.9 Å². The molecule has 11 heteroatoms. The molecule has 0 radical (unpaired) electrons. The van der Waals surface area contributed by atoms with E-state index in [4.69, 9.17) is 0 Å². The molecular weight excluding hydrogens is 449 g/mol. The number of carbonyl (C=O) groups excluding carboxylic acids is 1. The van der Waals surface area contributed by atoms with Crippen molar-refractivity contribution in [2.75, 3.05) is 13.1 Å². The third-order valence-corrected chi connectivity index (χ3v) is 6.48. The summed E-state index contributed by atoms with van der Waals surface area (Å²) in [6.45, 7) is 2.25. The van der Waals surface area contributed by atoms with Gasteiger partial charge in [0.15, 0.2) is 5.82 Å². The number of hydrogen-bond donors (Lipinski definition) is 2. The SMILES string of the molecule is O=C1Cn2nc(-c3ccc(C(F)(F)F)cc3)nc2CC2(CCN(Cc3ccc(=O)[nH]c3)CC2)N1. The van der Waals surface area contributed by atoms with Crippen LogP contribution >= 0.6 is 0 Å². The smallest absolute Gasteiger partial charge is 0.349 e. The average Bonchev–Trinajstić information content (AvgIpc) is 3.12. The molecule has 0 saturated carbocycles. The first kappa shape index (κ1) is 22.3. The van der Waals surface area contributed by atoms with Crippen molar-refractivity contribution in [2.45, 2.75) is 44.1 Å². The Bertz CT molecular complexity index is 1240. The van der Waals surface area contributed by atoms with E-state index in [9.17, 15) is 22.8 Å². The van der Waals surface area contributed by atoms with E-state index in [2.05, 4.69) is 25.3 Å². The quantitative estimate of drug-likeness (QED) is 0.610. The van der Waals surface area contributed by atoms with Gasteiger partial charge < -0.3 is 10.3 Å². The number of halogens is 3. The molecule has 0 bridgehead atoms. The summed E-state index contributed by atoms with van der Waals surface area (Å²) in [5.74, 6) is 0.795. The van der Waals surface area contributed by atoms with Gasteiger partial charge in [0.2, 0.25) is 11.5 Å². The van der Waals surface area contributed by atoms with Gasteiger partial charge >= 0.3 is 6.18 Å². The van der Waals surface area contributed by atoms with E-state index in [1.165, 1.54) is 18.2 Å². The number of nitrogens with zero attached hydrogens (tertiary/aromatic N) is 4. The molecule has 5 rings (SSSR count). The van der Waals surface area contributed by atoms with E-state index in [1.54, 1.807) is 10.9 Å². The second-order valence-corrected chi connectivity index (χ2v) is 8.93. The van der Waals surface area contributed by atoms with Crippen LogP contribution in [0, 0.1) is 0 Å². The Morgan fingerprint density at radius 1 is 1.03 bits per heavy atom. The molecule has 2 N–H and O–H groups in total. The maximum atomic E-state index is 12.9. The van der Waals surface area contributed by atoms with E-state index in [1.807, 2.05) is 6.07 Å². The first-order valence-electron chi connectivity index (χ1n) is 11.0. The van der Waals surface area contributed by atoms with Crippen LogP contribution in [0.25, 0.3) is 11.4 Å². The number of hydrogen-bond acceptors (Lipinski definition) is 5. The fraction of sp³-hybridized carbons (Fsp3) is 0.391. The number of H-pyrrole nitrogens is 1. The highest BCUT2D eigenvalue weighted by molar-refractivity contribution is 5.77. The zero-order valence-corrected chi connectivity index (χ0v) is 18.2. The van der Waals surface area contributed by atoms with Crippen LogP contribution in [-0.2, 0) is 30.5 Å². The van der Waals surface area contributed by atoms with Crippen LogP contribution in [0.15, 0.2) is 47.4 Å². The normalized spacial score (nSPS) is 18.4. The summed E-state index contributed by atoms with van der Waals surface area (Å²) >= 11 is 0. The molecule has 1 fully saturated rings. The highest BCUT2D eigenvalue weighted by Crippen LogP contribution is 2.32. The summed E-state index contributed by atoms with van der Waals surface area (Å²) in [7, 11) is 0. The standard InChI is InChI=1S/C23H23F3N6O2/c24-23(25,26)17-4-2-16(3-5-17)21-28-18-11-22(29-20(34)14-32(18)30-21)7-9-31(10-8-22)13-15-1-6-19(33)27-12-15/h1-6,12H,7-11,13-14H2,(H,27,33)(H,29,34). The molecule has 0 unspecified atom stereocenters. The molecule has 1 spiro atoms. The third kappa shape index (κ3) is 4.60. The van der Waals surface area contributed by atoms with Gasteiger partial charge in [-0.3, -0.25) is 14.5 Å². The maximum absolute atomic E-state index is 12.9. The van der Waals surface area contributed by atoms with E-state index in [0.717, 1.165) is 43.6 Å². The number of nitrogens with one attached hydrogen (secondary N) is 2. The molecule has 4 heterocycles. The zero-order chi connectivity index (χ0) is 23.9. The molecule has 34 heavy (non-hydrogen) atoms. The Morgan fingerprint density at radius 3 is 2.41 bits per heavy atom. The molecule has 1 amide bonds. The number of rotatable bonds is 3. The first-order valence-corrected chi connectivity index (χ1v) is 11.0. The second-order valence-electron chi connectivity index (χ2n) is 8.93. The summed E-state index contributed by atoms with van der Waals surface area (Å²) in [5, 5.41) is 7.57. The molecular formula is C23H23F3N6O2. The van der Waals surface area contributed by atoms with Crippen LogP contribution in [0.2, 0.25) is 0 Å². The summed E-state index contributed by atoms with van der Waals surface area (Å²) in [6, 6.07) is 8.03. The Kier molecular flexibility index (Phi) is 5.51. The number of fused-ring (bicyclic) bond motifs is 1. The van der Waals surface area contributed by atoms with Gasteiger partial charge in [-0.15, -0.1) is 0 Å². The number of alkyl halides is 3. The predicted octanol–water partition coefficient (Wildman–Crippen LogP) is 2.36. The number of likely N-dealkylation sites (tertiary alicyclic amines) is 1. The largest absolute Gasteiger partial charge is 0.416 e. The second kappa shape index (κ2) is 8.39. The Labute approximate surface area is 192 Å². The molecule has 3 aromatic rings. The summed E-state index contributed by atoms with van der Waals surface area (Å²) in [6.07, 6.45) is -0.742. The molecule has 0 aliphatic carbocycles. The van der Waals surface area contributed by atoms with E-state index in [-0.39, 0.29) is 18.0 Å². The Morgan fingerprint density at radius 2 is 1.76 bits per heavy atom. The highest BCUT2D eigenvalue weighted by atomic mass is 19.4. The summed E-state index contributed by atoms with van der Waals surface area (Å²) in [4.78, 5) is 33.5. The fourth-order valence-electron chi connectivity index (χ4n) is 4.62. The lowest BCUT2D eigenvalue weighted by atomic mass is 9.84.